The summed E-state index contributed by atoms with van der Waals surface area (Å²) in [5, 5.41) is 0. The number of benzene rings is 1. The van der Waals surface area contributed by atoms with Crippen LogP contribution in [0.5, 0.6) is 5.75 Å². The summed E-state index contributed by atoms with van der Waals surface area (Å²) >= 11 is 0. The molecule has 1 aromatic carbocycles. The van der Waals surface area contributed by atoms with Crippen LogP contribution >= 0.6 is 0 Å². The SMILES string of the molecule is COc1ccc(N)cc1C(=O)N1CCC(C)(C)C1. The number of likely N-dealkylation sites (tertiary alicyclic amines) is 1. The third-order valence-electron chi connectivity index (χ3n) is 3.42. The predicted octanol–water partition coefficient (Wildman–Crippen LogP) is 2.15. The maximum Gasteiger partial charge on any atom is 0.257 e. The lowest BCUT2D eigenvalue weighted by Gasteiger charge is -2.21. The molecule has 0 aromatic heterocycles. The van der Waals surface area contributed by atoms with Gasteiger partial charge in [-0.15, -0.1) is 0 Å². The topological polar surface area (TPSA) is 55.6 Å². The minimum Gasteiger partial charge on any atom is -0.496 e. The van der Waals surface area contributed by atoms with E-state index in [0.717, 1.165) is 19.5 Å². The fourth-order valence-corrected chi connectivity index (χ4v) is 2.35. The average molecular weight is 248 g/mol. The largest absolute Gasteiger partial charge is 0.496 e. The number of anilines is 1. The van der Waals surface area contributed by atoms with Crippen molar-refractivity contribution in [3.63, 3.8) is 0 Å². The van der Waals surface area contributed by atoms with E-state index in [-0.39, 0.29) is 11.3 Å². The highest BCUT2D eigenvalue weighted by Crippen LogP contribution is 2.31. The van der Waals surface area contributed by atoms with Crippen LogP contribution in [0.3, 0.4) is 0 Å². The van der Waals surface area contributed by atoms with Gasteiger partial charge in [0.15, 0.2) is 0 Å². The summed E-state index contributed by atoms with van der Waals surface area (Å²) in [6.07, 6.45) is 1.03. The van der Waals surface area contributed by atoms with E-state index in [1.54, 1.807) is 25.3 Å². The number of amides is 1. The second-order valence-electron chi connectivity index (χ2n) is 5.60. The van der Waals surface area contributed by atoms with Gasteiger partial charge in [0.2, 0.25) is 0 Å². The average Bonchev–Trinajstić information content (AvgIpc) is 2.68. The second-order valence-corrected chi connectivity index (χ2v) is 5.60. The molecule has 1 aliphatic rings. The smallest absolute Gasteiger partial charge is 0.257 e. The first kappa shape index (κ1) is 12.7. The number of hydrogen-bond acceptors (Lipinski definition) is 3. The molecule has 1 amide bonds. The number of carbonyl (C=O) groups is 1. The number of rotatable bonds is 2. The van der Waals surface area contributed by atoms with Crippen LogP contribution in [0, 0.1) is 5.41 Å². The molecule has 0 bridgehead atoms. The second kappa shape index (κ2) is 4.52. The Morgan fingerprint density at radius 3 is 2.72 bits per heavy atom. The molecule has 2 rings (SSSR count). The molecule has 1 aromatic rings. The molecule has 18 heavy (non-hydrogen) atoms. The van der Waals surface area contributed by atoms with Gasteiger partial charge in [-0.1, -0.05) is 13.8 Å². The Bertz CT molecular complexity index is 469. The minimum atomic E-state index is 0.00438. The molecule has 1 fully saturated rings. The first-order chi connectivity index (χ1) is 8.43. The molecule has 4 nitrogen and oxygen atoms in total. The van der Waals surface area contributed by atoms with Crippen molar-refractivity contribution in [1.82, 2.24) is 4.90 Å². The Hall–Kier alpha value is -1.71. The van der Waals surface area contributed by atoms with Crippen molar-refractivity contribution >= 4 is 11.6 Å². The van der Waals surface area contributed by atoms with Crippen molar-refractivity contribution in [3.8, 4) is 5.75 Å². The number of nitrogens with two attached hydrogens (primary N) is 1. The number of ether oxygens (including phenoxy) is 1. The molecular formula is C14H20N2O2. The zero-order chi connectivity index (χ0) is 13.3. The predicted molar refractivity (Wildman–Crippen MR) is 71.7 cm³/mol. The Kier molecular flexibility index (Phi) is 3.20. The molecule has 1 saturated heterocycles. The summed E-state index contributed by atoms with van der Waals surface area (Å²) in [7, 11) is 1.57. The van der Waals surface area contributed by atoms with Gasteiger partial charge < -0.3 is 15.4 Å². The van der Waals surface area contributed by atoms with E-state index in [4.69, 9.17) is 10.5 Å². The van der Waals surface area contributed by atoms with Gasteiger partial charge in [-0.25, -0.2) is 0 Å². The highest BCUT2D eigenvalue weighted by molar-refractivity contribution is 5.98. The van der Waals surface area contributed by atoms with Crippen molar-refractivity contribution in [3.05, 3.63) is 23.8 Å². The molecule has 0 atom stereocenters. The van der Waals surface area contributed by atoms with Crippen molar-refractivity contribution in [2.45, 2.75) is 20.3 Å². The van der Waals surface area contributed by atoms with Gasteiger partial charge in [0.05, 0.1) is 12.7 Å². The summed E-state index contributed by atoms with van der Waals surface area (Å²) < 4.78 is 5.23. The molecule has 0 unspecified atom stereocenters. The van der Waals surface area contributed by atoms with Gasteiger partial charge in [0, 0.05) is 18.8 Å². The van der Waals surface area contributed by atoms with Crippen LogP contribution in [-0.2, 0) is 0 Å². The van der Waals surface area contributed by atoms with Gasteiger partial charge >= 0.3 is 0 Å². The molecule has 1 heterocycles. The number of carbonyl (C=O) groups excluding carboxylic acids is 1. The number of nitrogen functional groups attached to an aromatic ring is 1. The standard InChI is InChI=1S/C14H20N2O2/c1-14(2)6-7-16(9-14)13(17)11-8-10(15)4-5-12(11)18-3/h4-5,8H,6-7,9,15H2,1-3H3. The number of nitrogens with zero attached hydrogens (tertiary/aromatic N) is 1. The monoisotopic (exact) mass is 248 g/mol. The summed E-state index contributed by atoms with van der Waals surface area (Å²) in [4.78, 5) is 14.3. The molecule has 2 N–H and O–H groups in total. The lowest BCUT2D eigenvalue weighted by molar-refractivity contribution is 0.0775. The third-order valence-corrected chi connectivity index (χ3v) is 3.42. The Morgan fingerprint density at radius 2 is 2.17 bits per heavy atom. The Balaban J connectivity index is 2.26. The van der Waals surface area contributed by atoms with Crippen molar-refractivity contribution in [1.29, 1.82) is 0 Å². The molecule has 4 heteroatoms. The first-order valence-corrected chi connectivity index (χ1v) is 6.16. The zero-order valence-corrected chi connectivity index (χ0v) is 11.2. The summed E-state index contributed by atoms with van der Waals surface area (Å²) in [5.41, 5.74) is 7.08. The van der Waals surface area contributed by atoms with Crippen molar-refractivity contribution in [2.24, 2.45) is 5.41 Å². The molecule has 0 radical (unpaired) electrons. The maximum atomic E-state index is 12.5. The fraction of sp³-hybridized carbons (Fsp3) is 0.500. The van der Waals surface area contributed by atoms with Crippen molar-refractivity contribution in [2.75, 3.05) is 25.9 Å². The van der Waals surface area contributed by atoms with Gasteiger partial charge in [-0.05, 0) is 30.0 Å². The van der Waals surface area contributed by atoms with Crippen LogP contribution < -0.4 is 10.5 Å². The van der Waals surface area contributed by atoms with Gasteiger partial charge in [-0.3, -0.25) is 4.79 Å². The lowest BCUT2D eigenvalue weighted by atomic mass is 9.93. The maximum absolute atomic E-state index is 12.5. The van der Waals surface area contributed by atoms with E-state index in [9.17, 15) is 4.79 Å². The van der Waals surface area contributed by atoms with E-state index in [1.165, 1.54) is 0 Å². The molecule has 0 saturated carbocycles. The van der Waals surface area contributed by atoms with E-state index >= 15 is 0 Å². The van der Waals surface area contributed by atoms with Crippen LogP contribution in [0.4, 0.5) is 5.69 Å². The third kappa shape index (κ3) is 2.42. The normalized spacial score (nSPS) is 17.8. The molecule has 1 aliphatic heterocycles. The van der Waals surface area contributed by atoms with Gasteiger partial charge in [0.1, 0.15) is 5.75 Å². The summed E-state index contributed by atoms with van der Waals surface area (Å²) in [6, 6.07) is 5.17. The van der Waals surface area contributed by atoms with E-state index in [0.29, 0.717) is 17.0 Å². The summed E-state index contributed by atoms with van der Waals surface area (Å²) in [6.45, 7) is 5.93. The number of hydrogen-bond donors (Lipinski definition) is 1. The van der Waals surface area contributed by atoms with Gasteiger partial charge in [0.25, 0.3) is 5.91 Å². The molecular weight excluding hydrogens is 228 g/mol. The molecule has 98 valence electrons. The van der Waals surface area contributed by atoms with Crippen LogP contribution in [0.2, 0.25) is 0 Å². The molecule has 0 spiro atoms. The summed E-state index contributed by atoms with van der Waals surface area (Å²) in [5.74, 6) is 0.587. The van der Waals surface area contributed by atoms with Crippen LogP contribution in [-0.4, -0.2) is 31.0 Å². The first-order valence-electron chi connectivity index (χ1n) is 6.16. The van der Waals surface area contributed by atoms with E-state index < -0.39 is 0 Å². The van der Waals surface area contributed by atoms with E-state index in [2.05, 4.69) is 13.8 Å². The minimum absolute atomic E-state index is 0.00438. The van der Waals surface area contributed by atoms with Gasteiger partial charge in [-0.2, -0.15) is 0 Å². The highest BCUT2D eigenvalue weighted by atomic mass is 16.5. The Labute approximate surface area is 108 Å². The molecule has 0 aliphatic carbocycles. The fourth-order valence-electron chi connectivity index (χ4n) is 2.35. The lowest BCUT2D eigenvalue weighted by Crippen LogP contribution is -2.30. The van der Waals surface area contributed by atoms with Crippen LogP contribution in [0.15, 0.2) is 18.2 Å². The highest BCUT2D eigenvalue weighted by Gasteiger charge is 2.33. The van der Waals surface area contributed by atoms with E-state index in [1.807, 2.05) is 4.90 Å². The van der Waals surface area contributed by atoms with Crippen LogP contribution in [0.25, 0.3) is 0 Å². The Morgan fingerprint density at radius 1 is 1.44 bits per heavy atom. The van der Waals surface area contributed by atoms with Crippen molar-refractivity contribution < 1.29 is 9.53 Å². The van der Waals surface area contributed by atoms with Crippen LogP contribution in [0.1, 0.15) is 30.6 Å². The zero-order valence-electron chi connectivity index (χ0n) is 11.2. The quantitative estimate of drug-likeness (QED) is 0.816. The number of methoxy groups -OCH3 is 1.